The Bertz CT molecular complexity index is 320. The van der Waals surface area contributed by atoms with Gasteiger partial charge in [-0.15, -0.1) is 0 Å². The SMILES string of the molecule is CC1(C)C(/C=C(\Cl)C(F)(F)F)[C@@H]1C(=O)O. The Hall–Kier alpha value is -0.710. The molecular weight excluding hydrogens is 233 g/mol. The standard InChI is InChI=1S/C9H10ClF3O2/c1-8(2)4(6(8)7(14)15)3-5(10)9(11,12)13/h3-4,6H,1-2H3,(H,14,15)/b5-3-/t4?,6-/m1/s1. The lowest BCUT2D eigenvalue weighted by Crippen LogP contribution is -2.07. The molecule has 0 heterocycles. The summed E-state index contributed by atoms with van der Waals surface area (Å²) in [6.07, 6.45) is -3.80. The molecule has 1 aliphatic carbocycles. The van der Waals surface area contributed by atoms with E-state index in [4.69, 9.17) is 16.7 Å². The van der Waals surface area contributed by atoms with E-state index in [9.17, 15) is 18.0 Å². The summed E-state index contributed by atoms with van der Waals surface area (Å²) in [7, 11) is 0. The average molecular weight is 243 g/mol. The van der Waals surface area contributed by atoms with Crippen molar-refractivity contribution in [2.75, 3.05) is 0 Å². The third-order valence-electron chi connectivity index (χ3n) is 2.77. The molecule has 0 amide bonds. The third kappa shape index (κ3) is 2.27. The largest absolute Gasteiger partial charge is 0.481 e. The maximum atomic E-state index is 12.1. The first-order valence-corrected chi connectivity index (χ1v) is 4.63. The van der Waals surface area contributed by atoms with Crippen LogP contribution in [0.2, 0.25) is 0 Å². The minimum Gasteiger partial charge on any atom is -0.481 e. The van der Waals surface area contributed by atoms with E-state index in [2.05, 4.69) is 0 Å². The molecule has 2 nitrogen and oxygen atoms in total. The van der Waals surface area contributed by atoms with Crippen molar-refractivity contribution in [3.05, 3.63) is 11.1 Å². The number of aliphatic carboxylic acids is 1. The molecule has 1 N–H and O–H groups in total. The number of rotatable bonds is 2. The normalized spacial score (nSPS) is 30.1. The van der Waals surface area contributed by atoms with Crippen LogP contribution >= 0.6 is 11.6 Å². The van der Waals surface area contributed by atoms with Gasteiger partial charge in [-0.05, 0) is 11.3 Å². The first-order valence-electron chi connectivity index (χ1n) is 4.26. The monoisotopic (exact) mass is 242 g/mol. The van der Waals surface area contributed by atoms with Gasteiger partial charge in [0.05, 0.1) is 5.92 Å². The van der Waals surface area contributed by atoms with E-state index in [-0.39, 0.29) is 0 Å². The summed E-state index contributed by atoms with van der Waals surface area (Å²) in [5.41, 5.74) is -0.656. The van der Waals surface area contributed by atoms with Gasteiger partial charge in [0.15, 0.2) is 0 Å². The molecule has 0 aromatic rings. The minimum atomic E-state index is -4.59. The molecule has 86 valence electrons. The summed E-state index contributed by atoms with van der Waals surface area (Å²) in [6.45, 7) is 3.21. The fraction of sp³-hybridized carbons (Fsp3) is 0.667. The summed E-state index contributed by atoms with van der Waals surface area (Å²) in [6, 6.07) is 0. The lowest BCUT2D eigenvalue weighted by atomic mass is 10.1. The van der Waals surface area contributed by atoms with Crippen molar-refractivity contribution < 1.29 is 23.1 Å². The molecule has 0 saturated heterocycles. The topological polar surface area (TPSA) is 37.3 Å². The van der Waals surface area contributed by atoms with Crippen LogP contribution in [0.15, 0.2) is 11.1 Å². The van der Waals surface area contributed by atoms with Crippen LogP contribution in [0.1, 0.15) is 13.8 Å². The van der Waals surface area contributed by atoms with Crippen LogP contribution in [-0.4, -0.2) is 17.3 Å². The number of alkyl halides is 3. The quantitative estimate of drug-likeness (QED) is 0.808. The molecule has 0 aliphatic heterocycles. The number of allylic oxidation sites excluding steroid dienone is 2. The van der Waals surface area contributed by atoms with Gasteiger partial charge < -0.3 is 5.11 Å². The Morgan fingerprint density at radius 3 is 2.20 bits per heavy atom. The maximum absolute atomic E-state index is 12.1. The van der Waals surface area contributed by atoms with Gasteiger partial charge in [0.2, 0.25) is 0 Å². The molecule has 0 bridgehead atoms. The van der Waals surface area contributed by atoms with Gasteiger partial charge in [-0.3, -0.25) is 4.79 Å². The zero-order valence-electron chi connectivity index (χ0n) is 8.10. The Labute approximate surface area is 89.7 Å². The number of carbonyl (C=O) groups is 1. The summed E-state index contributed by atoms with van der Waals surface area (Å²) in [5, 5.41) is 7.48. The lowest BCUT2D eigenvalue weighted by molar-refractivity contribution is -0.139. The highest BCUT2D eigenvalue weighted by molar-refractivity contribution is 6.30. The van der Waals surface area contributed by atoms with Crippen LogP contribution in [-0.2, 0) is 4.79 Å². The number of halogens is 4. The second-order valence-electron chi connectivity index (χ2n) is 4.18. The van der Waals surface area contributed by atoms with E-state index >= 15 is 0 Å². The van der Waals surface area contributed by atoms with Crippen molar-refractivity contribution in [2.45, 2.75) is 20.0 Å². The van der Waals surface area contributed by atoms with E-state index in [0.717, 1.165) is 6.08 Å². The predicted molar refractivity (Wildman–Crippen MR) is 48.4 cm³/mol. The second-order valence-corrected chi connectivity index (χ2v) is 4.58. The minimum absolute atomic E-state index is 0.649. The molecule has 1 aliphatic rings. The highest BCUT2D eigenvalue weighted by Crippen LogP contribution is 2.60. The molecule has 1 saturated carbocycles. The number of carboxylic acids is 1. The van der Waals surface area contributed by atoms with Crippen molar-refractivity contribution in [1.82, 2.24) is 0 Å². The van der Waals surface area contributed by atoms with Crippen LogP contribution in [0, 0.1) is 17.3 Å². The zero-order chi connectivity index (χ0) is 12.0. The predicted octanol–water partition coefficient (Wildman–Crippen LogP) is 3.03. The summed E-state index contributed by atoms with van der Waals surface area (Å²) < 4.78 is 36.2. The van der Waals surface area contributed by atoms with Gasteiger partial charge >= 0.3 is 12.1 Å². The van der Waals surface area contributed by atoms with Crippen molar-refractivity contribution in [2.24, 2.45) is 17.3 Å². The summed E-state index contributed by atoms with van der Waals surface area (Å²) in [5.74, 6) is -2.52. The molecule has 6 heteroatoms. The molecule has 1 rings (SSSR count). The average Bonchev–Trinajstić information content (AvgIpc) is 2.50. The highest BCUT2D eigenvalue weighted by atomic mass is 35.5. The van der Waals surface area contributed by atoms with Crippen molar-refractivity contribution in [1.29, 1.82) is 0 Å². The van der Waals surface area contributed by atoms with Gasteiger partial charge in [0.1, 0.15) is 5.03 Å². The lowest BCUT2D eigenvalue weighted by Gasteiger charge is -2.04. The number of hydrogen-bond donors (Lipinski definition) is 1. The highest BCUT2D eigenvalue weighted by Gasteiger charge is 2.61. The van der Waals surface area contributed by atoms with Crippen LogP contribution < -0.4 is 0 Å². The van der Waals surface area contributed by atoms with Crippen LogP contribution in [0.3, 0.4) is 0 Å². The Morgan fingerprint density at radius 1 is 1.47 bits per heavy atom. The first-order chi connectivity index (χ1) is 6.58. The maximum Gasteiger partial charge on any atom is 0.426 e. The van der Waals surface area contributed by atoms with Gasteiger partial charge in [-0.25, -0.2) is 0 Å². The van der Waals surface area contributed by atoms with Crippen LogP contribution in [0.5, 0.6) is 0 Å². The summed E-state index contributed by atoms with van der Waals surface area (Å²) in [4.78, 5) is 10.7. The fourth-order valence-corrected chi connectivity index (χ4v) is 1.85. The second kappa shape index (κ2) is 3.40. The van der Waals surface area contributed by atoms with E-state index in [1.165, 1.54) is 0 Å². The number of carboxylic acid groups (broad SMARTS) is 1. The van der Waals surface area contributed by atoms with Crippen molar-refractivity contribution in [3.63, 3.8) is 0 Å². The third-order valence-corrected chi connectivity index (χ3v) is 3.11. The summed E-state index contributed by atoms with van der Waals surface area (Å²) >= 11 is 5.03. The van der Waals surface area contributed by atoms with Gasteiger partial charge in [-0.2, -0.15) is 13.2 Å². The Kier molecular flexibility index (Phi) is 2.80. The van der Waals surface area contributed by atoms with E-state index < -0.39 is 34.4 Å². The van der Waals surface area contributed by atoms with E-state index in [0.29, 0.717) is 0 Å². The van der Waals surface area contributed by atoms with Gasteiger partial charge in [-0.1, -0.05) is 31.5 Å². The molecule has 0 radical (unpaired) electrons. The Balaban J connectivity index is 2.83. The first kappa shape index (κ1) is 12.4. The van der Waals surface area contributed by atoms with Gasteiger partial charge in [0.25, 0.3) is 0 Å². The molecule has 1 unspecified atom stereocenters. The van der Waals surface area contributed by atoms with Crippen LogP contribution in [0.25, 0.3) is 0 Å². The molecular formula is C9H10ClF3O2. The van der Waals surface area contributed by atoms with Crippen molar-refractivity contribution >= 4 is 17.6 Å². The Morgan fingerprint density at radius 2 is 1.93 bits per heavy atom. The fourth-order valence-electron chi connectivity index (χ4n) is 1.71. The number of hydrogen-bond acceptors (Lipinski definition) is 1. The molecule has 15 heavy (non-hydrogen) atoms. The van der Waals surface area contributed by atoms with Gasteiger partial charge in [0, 0.05) is 0 Å². The van der Waals surface area contributed by atoms with E-state index in [1.54, 1.807) is 13.8 Å². The van der Waals surface area contributed by atoms with Crippen molar-refractivity contribution in [3.8, 4) is 0 Å². The molecule has 1 fully saturated rings. The molecule has 0 spiro atoms. The van der Waals surface area contributed by atoms with Crippen LogP contribution in [0.4, 0.5) is 13.2 Å². The van der Waals surface area contributed by atoms with E-state index in [1.807, 2.05) is 0 Å². The molecule has 2 atom stereocenters. The molecule has 0 aromatic carbocycles. The molecule has 0 aromatic heterocycles. The zero-order valence-corrected chi connectivity index (χ0v) is 8.86. The smallest absolute Gasteiger partial charge is 0.426 e.